The largest absolute Gasteiger partial charge is 0.466 e. The highest BCUT2D eigenvalue weighted by molar-refractivity contribution is 8.00. The van der Waals surface area contributed by atoms with E-state index in [-0.39, 0.29) is 12.2 Å². The maximum Gasteiger partial charge on any atom is 0.313 e. The molecule has 0 aromatic heterocycles. The lowest BCUT2D eigenvalue weighted by atomic mass is 10.3. The Morgan fingerprint density at radius 3 is 2.94 bits per heavy atom. The van der Waals surface area contributed by atoms with Gasteiger partial charge in [0.15, 0.2) is 5.78 Å². The van der Waals surface area contributed by atoms with Crippen LogP contribution in [-0.4, -0.2) is 42.6 Å². The number of hydrogen-bond acceptors (Lipinski definition) is 5. The predicted octanol–water partition coefficient (Wildman–Crippen LogP) is 1.42. The second-order valence-corrected chi connectivity index (χ2v) is 4.70. The molecule has 1 saturated heterocycles. The summed E-state index contributed by atoms with van der Waals surface area (Å²) in [5, 5.41) is 0. The molecule has 1 aliphatic heterocycles. The number of ether oxygens (including phenoxy) is 2. The molecule has 4 nitrogen and oxygen atoms in total. The normalized spacial score (nSPS) is 19.7. The highest BCUT2D eigenvalue weighted by Crippen LogP contribution is 2.17. The predicted molar refractivity (Wildman–Crippen MR) is 62.6 cm³/mol. The lowest BCUT2D eigenvalue weighted by Crippen LogP contribution is -2.15. The number of Topliss-reactive ketones (excluding diaryl/α,β-unsaturated/α-hetero) is 1. The fraction of sp³-hybridized carbons (Fsp3) is 0.818. The van der Waals surface area contributed by atoms with E-state index in [4.69, 9.17) is 9.47 Å². The summed E-state index contributed by atoms with van der Waals surface area (Å²) >= 11 is 1.54. The summed E-state index contributed by atoms with van der Waals surface area (Å²) in [7, 11) is 0. The summed E-state index contributed by atoms with van der Waals surface area (Å²) in [4.78, 5) is 22.3. The Labute approximate surface area is 100 Å². The molecule has 0 N–H and O–H groups in total. The number of carbonyl (C=O) groups is 2. The van der Waals surface area contributed by atoms with Crippen molar-refractivity contribution in [1.29, 1.82) is 0 Å². The van der Waals surface area contributed by atoms with Gasteiger partial charge in [0.25, 0.3) is 0 Å². The minimum Gasteiger partial charge on any atom is -0.466 e. The molecule has 0 aliphatic carbocycles. The highest BCUT2D eigenvalue weighted by Gasteiger charge is 2.16. The summed E-state index contributed by atoms with van der Waals surface area (Å²) in [5.41, 5.74) is 0. The minimum atomic E-state index is -0.426. The van der Waals surface area contributed by atoms with Crippen LogP contribution in [0.5, 0.6) is 0 Å². The number of thioether (sulfide) groups is 1. The van der Waals surface area contributed by atoms with E-state index in [0.29, 0.717) is 18.5 Å². The summed E-state index contributed by atoms with van der Waals surface area (Å²) < 4.78 is 10.1. The second-order valence-electron chi connectivity index (χ2n) is 3.67. The maximum absolute atomic E-state index is 11.3. The first kappa shape index (κ1) is 13.5. The molecule has 92 valence electrons. The van der Waals surface area contributed by atoms with Crippen LogP contribution in [-0.2, 0) is 19.1 Å². The molecule has 0 radical (unpaired) electrons. The second kappa shape index (κ2) is 7.68. The Morgan fingerprint density at radius 1 is 1.50 bits per heavy atom. The summed E-state index contributed by atoms with van der Waals surface area (Å²) in [6, 6.07) is 0. The average molecular weight is 246 g/mol. The fourth-order valence-corrected chi connectivity index (χ4v) is 2.48. The molecule has 1 fully saturated rings. The Hall–Kier alpha value is -0.550. The number of esters is 1. The smallest absolute Gasteiger partial charge is 0.313 e. The highest BCUT2D eigenvalue weighted by atomic mass is 32.2. The van der Waals surface area contributed by atoms with Crippen LogP contribution >= 0.6 is 11.8 Å². The Kier molecular flexibility index (Phi) is 6.49. The van der Waals surface area contributed by atoms with E-state index in [1.54, 1.807) is 6.92 Å². The zero-order chi connectivity index (χ0) is 11.8. The van der Waals surface area contributed by atoms with Gasteiger partial charge in [-0.3, -0.25) is 9.59 Å². The van der Waals surface area contributed by atoms with Gasteiger partial charge in [0.2, 0.25) is 0 Å². The van der Waals surface area contributed by atoms with Crippen LogP contribution in [0.15, 0.2) is 0 Å². The van der Waals surface area contributed by atoms with Crippen molar-refractivity contribution < 1.29 is 19.1 Å². The van der Waals surface area contributed by atoms with Crippen LogP contribution in [0.2, 0.25) is 0 Å². The fourth-order valence-electron chi connectivity index (χ4n) is 1.50. The van der Waals surface area contributed by atoms with E-state index in [2.05, 4.69) is 0 Å². The zero-order valence-corrected chi connectivity index (χ0v) is 10.4. The lowest BCUT2D eigenvalue weighted by Gasteiger charge is -2.07. The third kappa shape index (κ3) is 5.51. The first-order valence-electron chi connectivity index (χ1n) is 5.59. The van der Waals surface area contributed by atoms with Crippen molar-refractivity contribution in [2.45, 2.75) is 32.3 Å². The molecule has 0 saturated carbocycles. The molecule has 1 aliphatic rings. The van der Waals surface area contributed by atoms with Gasteiger partial charge in [-0.05, 0) is 19.8 Å². The van der Waals surface area contributed by atoms with Crippen LogP contribution in [0.4, 0.5) is 0 Å². The number of hydrogen-bond donors (Lipinski definition) is 0. The van der Waals surface area contributed by atoms with Crippen LogP contribution in [0.1, 0.15) is 26.2 Å². The van der Waals surface area contributed by atoms with Gasteiger partial charge in [-0.25, -0.2) is 0 Å². The molecular formula is C11H18O4S. The van der Waals surface area contributed by atoms with Crippen molar-refractivity contribution in [3.63, 3.8) is 0 Å². The zero-order valence-electron chi connectivity index (χ0n) is 9.57. The Bertz CT molecular complexity index is 236. The van der Waals surface area contributed by atoms with Crippen LogP contribution in [0, 0.1) is 0 Å². The minimum absolute atomic E-state index is 0.0681. The van der Waals surface area contributed by atoms with E-state index in [9.17, 15) is 9.59 Å². The molecule has 0 spiro atoms. The van der Waals surface area contributed by atoms with Crippen molar-refractivity contribution in [3.05, 3.63) is 0 Å². The molecule has 1 rings (SSSR count). The van der Waals surface area contributed by atoms with Gasteiger partial charge in [-0.1, -0.05) is 0 Å². The third-order valence-electron chi connectivity index (χ3n) is 2.24. The van der Waals surface area contributed by atoms with Crippen LogP contribution in [0.25, 0.3) is 0 Å². The summed E-state index contributed by atoms with van der Waals surface area (Å²) in [6.07, 6.45) is 2.38. The molecular weight excluding hydrogens is 228 g/mol. The van der Waals surface area contributed by atoms with E-state index < -0.39 is 5.97 Å². The number of carbonyl (C=O) groups excluding carboxylic acids is 2. The van der Waals surface area contributed by atoms with Crippen LogP contribution in [0.3, 0.4) is 0 Å². The topological polar surface area (TPSA) is 52.6 Å². The van der Waals surface area contributed by atoms with Crippen molar-refractivity contribution in [1.82, 2.24) is 0 Å². The van der Waals surface area contributed by atoms with Gasteiger partial charge in [-0.2, -0.15) is 11.8 Å². The van der Waals surface area contributed by atoms with Gasteiger partial charge >= 0.3 is 5.97 Å². The standard InChI is InChI=1S/C11H18O4S/c1-2-14-11(13)6-9(12)7-16-8-10-4-3-5-15-10/h10H,2-8H2,1H3. The molecule has 5 heteroatoms. The first-order chi connectivity index (χ1) is 7.72. The van der Waals surface area contributed by atoms with Crippen molar-refractivity contribution >= 4 is 23.5 Å². The lowest BCUT2D eigenvalue weighted by molar-refractivity contribution is -0.145. The molecule has 0 bridgehead atoms. The van der Waals surface area contributed by atoms with Crippen molar-refractivity contribution in [3.8, 4) is 0 Å². The van der Waals surface area contributed by atoms with E-state index in [1.807, 2.05) is 0 Å². The summed E-state index contributed by atoms with van der Waals surface area (Å²) in [6.45, 7) is 2.89. The quantitative estimate of drug-likeness (QED) is 0.502. The molecule has 0 aromatic carbocycles. The number of ketones is 1. The van der Waals surface area contributed by atoms with Gasteiger partial charge in [0.05, 0.1) is 18.5 Å². The molecule has 1 unspecified atom stereocenters. The van der Waals surface area contributed by atoms with E-state index in [1.165, 1.54) is 11.8 Å². The number of rotatable bonds is 7. The molecule has 16 heavy (non-hydrogen) atoms. The van der Waals surface area contributed by atoms with Gasteiger partial charge in [-0.15, -0.1) is 0 Å². The first-order valence-corrected chi connectivity index (χ1v) is 6.74. The molecule has 0 aromatic rings. The molecule has 1 atom stereocenters. The Morgan fingerprint density at radius 2 is 2.31 bits per heavy atom. The summed E-state index contributed by atoms with van der Waals surface area (Å²) in [5.74, 6) is 0.722. The van der Waals surface area contributed by atoms with E-state index >= 15 is 0 Å². The van der Waals surface area contributed by atoms with Gasteiger partial charge in [0, 0.05) is 12.4 Å². The van der Waals surface area contributed by atoms with Gasteiger partial charge < -0.3 is 9.47 Å². The van der Waals surface area contributed by atoms with Gasteiger partial charge in [0.1, 0.15) is 6.42 Å². The molecule has 0 amide bonds. The Balaban J connectivity index is 2.03. The average Bonchev–Trinajstić information content (AvgIpc) is 2.70. The van der Waals surface area contributed by atoms with Crippen LogP contribution < -0.4 is 0 Å². The van der Waals surface area contributed by atoms with Crippen molar-refractivity contribution in [2.75, 3.05) is 24.7 Å². The van der Waals surface area contributed by atoms with E-state index in [0.717, 1.165) is 25.2 Å². The molecule has 1 heterocycles. The monoisotopic (exact) mass is 246 g/mol. The third-order valence-corrected chi connectivity index (χ3v) is 3.37. The SMILES string of the molecule is CCOC(=O)CC(=O)CSCC1CCCO1. The van der Waals surface area contributed by atoms with Crippen molar-refractivity contribution in [2.24, 2.45) is 0 Å². The maximum atomic E-state index is 11.3.